The van der Waals surface area contributed by atoms with E-state index in [9.17, 15) is 0 Å². The molecule has 0 atom stereocenters. The van der Waals surface area contributed by atoms with E-state index in [0.29, 0.717) is 6.54 Å². The summed E-state index contributed by atoms with van der Waals surface area (Å²) < 4.78 is 3.15. The van der Waals surface area contributed by atoms with Crippen molar-refractivity contribution >= 4 is 16.1 Å². The fourth-order valence-corrected chi connectivity index (χ4v) is 0.170. The second-order valence-electron chi connectivity index (χ2n) is 0.712. The van der Waals surface area contributed by atoms with Crippen molar-refractivity contribution in [3.63, 3.8) is 0 Å². The molecule has 0 aromatic rings. The van der Waals surface area contributed by atoms with Gasteiger partial charge < -0.3 is 0 Å². The lowest BCUT2D eigenvalue weighted by Gasteiger charge is -1.68. The quantitative estimate of drug-likeness (QED) is 0.444. The van der Waals surface area contributed by atoms with Crippen LogP contribution in [0.25, 0.3) is 0 Å². The molecule has 0 radical (unpaired) electrons. The van der Waals surface area contributed by atoms with Crippen molar-refractivity contribution in [2.75, 3.05) is 6.54 Å². The van der Waals surface area contributed by atoms with E-state index in [1.807, 2.05) is 6.92 Å². The molecule has 0 fully saturated rings. The molecule has 0 N–H and O–H groups in total. The van der Waals surface area contributed by atoms with Crippen LogP contribution in [-0.4, -0.2) is 6.54 Å². The van der Waals surface area contributed by atoms with Crippen molar-refractivity contribution in [3.8, 4) is 0 Å². The van der Waals surface area contributed by atoms with Crippen LogP contribution in [0.3, 0.4) is 0 Å². The largest absolute Gasteiger partial charge is 0.168 e. The summed E-state index contributed by atoms with van der Waals surface area (Å²) in [7, 11) is 0. The van der Waals surface area contributed by atoms with Crippen molar-refractivity contribution in [3.05, 3.63) is 0 Å². The van der Waals surface area contributed by atoms with Crippen LogP contribution in [0.4, 0.5) is 0 Å². The third kappa shape index (κ3) is 5.68. The maximum absolute atomic E-state index is 3.50. The van der Waals surface area contributed by atoms with Crippen molar-refractivity contribution in [2.24, 2.45) is 19.7 Å². The van der Waals surface area contributed by atoms with Crippen molar-refractivity contribution < 1.29 is 0 Å². The van der Waals surface area contributed by atoms with Gasteiger partial charge in [-0.05, 0) is 17.4 Å². The van der Waals surface area contributed by atoms with Crippen LogP contribution in [0.5, 0.6) is 0 Å². The molecule has 0 aliphatic carbocycles. The fraction of sp³-hybridized carbons (Fsp3) is 1.00. The Balaban J connectivity index is 3.09. The molecule has 0 rings (SSSR count). The molecule has 40 valence electrons. The Morgan fingerprint density at radius 2 is 2.14 bits per heavy atom. The van der Waals surface area contributed by atoms with E-state index in [-0.39, 0.29) is 0 Å². The zero-order valence-corrected chi connectivity index (χ0v) is 5.46. The molecule has 0 unspecified atom stereocenters. The molecule has 5 heteroatoms. The second-order valence-corrected chi connectivity index (χ2v) is 1.03. The van der Waals surface area contributed by atoms with E-state index in [0.717, 1.165) is 0 Å². The number of hydrogen-bond donors (Lipinski definition) is 0. The van der Waals surface area contributed by atoms with E-state index in [2.05, 4.69) is 35.8 Å². The average Bonchev–Trinajstić information content (AvgIpc) is 1.69. The van der Waals surface area contributed by atoms with Crippen LogP contribution in [0.2, 0.25) is 0 Å². The highest BCUT2D eigenvalue weighted by molar-refractivity contribution is 9.08. The summed E-state index contributed by atoms with van der Waals surface area (Å²) in [5.41, 5.74) is 0. The highest BCUT2D eigenvalue weighted by Crippen LogP contribution is 1.84. The molecule has 7 heavy (non-hydrogen) atoms. The second kappa shape index (κ2) is 5.68. The first kappa shape index (κ1) is 6.68. The Labute approximate surface area is 50.0 Å². The molecule has 0 saturated carbocycles. The van der Waals surface area contributed by atoms with Crippen LogP contribution in [0.1, 0.15) is 6.92 Å². The zero-order valence-electron chi connectivity index (χ0n) is 3.87. The summed E-state index contributed by atoms with van der Waals surface area (Å²) in [5.74, 6) is 0. The third-order valence-electron chi connectivity index (χ3n) is 0.278. The summed E-state index contributed by atoms with van der Waals surface area (Å²) in [5, 5.41) is 9.90. The lowest BCUT2D eigenvalue weighted by Crippen LogP contribution is -1.57. The Hall–Kier alpha value is -0.320. The molecule has 0 aliphatic rings. The molecule has 0 aliphatic heterocycles. The maximum atomic E-state index is 3.50. The number of rotatable bonds is 2. The molecular formula is C2H5BrN4. The van der Waals surface area contributed by atoms with Gasteiger partial charge >= 0.3 is 0 Å². The van der Waals surface area contributed by atoms with Gasteiger partial charge in [-0.3, -0.25) is 0 Å². The lowest BCUT2D eigenvalue weighted by atomic mass is 10.8. The predicted molar refractivity (Wildman–Crippen MR) is 29.2 cm³/mol. The fourth-order valence-electron chi connectivity index (χ4n) is 0.107. The summed E-state index contributed by atoms with van der Waals surface area (Å²) >= 11 is 2.68. The molecule has 0 bridgehead atoms. The Morgan fingerprint density at radius 3 is 2.57 bits per heavy atom. The van der Waals surface area contributed by atoms with Gasteiger partial charge in [-0.25, -0.2) is 0 Å². The number of halogens is 1. The van der Waals surface area contributed by atoms with Gasteiger partial charge in [0.25, 0.3) is 0 Å². The van der Waals surface area contributed by atoms with Crippen molar-refractivity contribution in [1.82, 2.24) is 0 Å². The lowest BCUT2D eigenvalue weighted by molar-refractivity contribution is 0.894. The Bertz CT molecular complexity index is 77.8. The smallest absolute Gasteiger partial charge is 0.102 e. The van der Waals surface area contributed by atoms with Crippen molar-refractivity contribution in [2.45, 2.75) is 6.92 Å². The van der Waals surface area contributed by atoms with Gasteiger partial charge in [0.05, 0.1) is 6.54 Å². The minimum absolute atomic E-state index is 0.645. The zero-order chi connectivity index (χ0) is 5.54. The minimum Gasteiger partial charge on any atom is -0.168 e. The van der Waals surface area contributed by atoms with E-state index in [4.69, 9.17) is 0 Å². The summed E-state index contributed by atoms with van der Waals surface area (Å²) in [6.07, 6.45) is 0. The van der Waals surface area contributed by atoms with Crippen LogP contribution < -0.4 is 0 Å². The van der Waals surface area contributed by atoms with Gasteiger partial charge in [-0.15, -0.1) is 0 Å². The van der Waals surface area contributed by atoms with Crippen LogP contribution in [0.15, 0.2) is 19.7 Å². The maximum Gasteiger partial charge on any atom is 0.102 e. The average molecular weight is 165 g/mol. The molecular weight excluding hydrogens is 160 g/mol. The molecule has 0 spiro atoms. The SMILES string of the molecule is CCN=N/N=N/Br. The van der Waals surface area contributed by atoms with Gasteiger partial charge in [-0.1, -0.05) is 4.14 Å². The van der Waals surface area contributed by atoms with Crippen LogP contribution in [-0.2, 0) is 0 Å². The molecule has 4 nitrogen and oxygen atoms in total. The molecule has 0 aromatic heterocycles. The highest BCUT2D eigenvalue weighted by Gasteiger charge is 1.60. The summed E-state index contributed by atoms with van der Waals surface area (Å²) in [6.45, 7) is 2.51. The normalized spacial score (nSPS) is 11.7. The minimum atomic E-state index is 0.645. The topological polar surface area (TPSA) is 49.4 Å². The first-order valence-electron chi connectivity index (χ1n) is 1.79. The van der Waals surface area contributed by atoms with Gasteiger partial charge in [0, 0.05) is 0 Å². The van der Waals surface area contributed by atoms with Gasteiger partial charge in [0.2, 0.25) is 0 Å². The van der Waals surface area contributed by atoms with Gasteiger partial charge in [0.15, 0.2) is 0 Å². The van der Waals surface area contributed by atoms with Crippen LogP contribution >= 0.6 is 16.1 Å². The summed E-state index contributed by atoms with van der Waals surface area (Å²) in [4.78, 5) is 0. The molecule has 0 aromatic carbocycles. The standard InChI is InChI=1S/C2H5BrN4/c1-2-4-6-7-5-3/h2H2,1H3/b6-4?,7-5+. The van der Waals surface area contributed by atoms with Crippen LogP contribution in [0, 0.1) is 0 Å². The van der Waals surface area contributed by atoms with E-state index < -0.39 is 0 Å². The van der Waals surface area contributed by atoms with Gasteiger partial charge in [-0.2, -0.15) is 5.11 Å². The monoisotopic (exact) mass is 164 g/mol. The first-order valence-corrected chi connectivity index (χ1v) is 2.50. The molecule has 0 heterocycles. The highest BCUT2D eigenvalue weighted by atomic mass is 79.9. The molecule has 0 saturated heterocycles. The number of nitrogens with zero attached hydrogens (tertiary/aromatic N) is 4. The number of hydrogen-bond acceptors (Lipinski definition) is 2. The van der Waals surface area contributed by atoms with E-state index in [1.54, 1.807) is 0 Å². The Morgan fingerprint density at radius 1 is 1.43 bits per heavy atom. The first-order chi connectivity index (χ1) is 3.41. The summed E-state index contributed by atoms with van der Waals surface area (Å²) in [6, 6.07) is 0. The van der Waals surface area contributed by atoms with Gasteiger partial charge in [0.1, 0.15) is 16.1 Å². The predicted octanol–water partition coefficient (Wildman–Crippen LogP) is 2.14. The van der Waals surface area contributed by atoms with Crippen molar-refractivity contribution in [1.29, 1.82) is 0 Å². The third-order valence-corrected chi connectivity index (χ3v) is 0.420. The van der Waals surface area contributed by atoms with E-state index >= 15 is 0 Å². The molecule has 0 amide bonds. The Kier molecular flexibility index (Phi) is 5.42. The van der Waals surface area contributed by atoms with E-state index in [1.165, 1.54) is 0 Å².